The van der Waals surface area contributed by atoms with Crippen LogP contribution in [0.3, 0.4) is 0 Å². The zero-order valence-corrected chi connectivity index (χ0v) is 24.6. The van der Waals surface area contributed by atoms with E-state index >= 15 is 0 Å². The molecule has 3 aromatic heterocycles. The normalized spacial score (nSPS) is 13.1. The van der Waals surface area contributed by atoms with Gasteiger partial charge in [0.15, 0.2) is 5.58 Å². The van der Waals surface area contributed by atoms with Crippen molar-refractivity contribution in [2.24, 2.45) is 0 Å². The average molecular weight is 577 g/mol. The molecule has 0 saturated heterocycles. The van der Waals surface area contributed by atoms with Gasteiger partial charge in [-0.05, 0) is 90.2 Å². The number of nitrogens with zero attached hydrogens (tertiary/aromatic N) is 2. The van der Waals surface area contributed by atoms with Gasteiger partial charge in [0.25, 0.3) is 0 Å². The summed E-state index contributed by atoms with van der Waals surface area (Å²) in [5, 5.41) is 6.11. The molecule has 0 fully saturated rings. The number of aromatic nitrogens is 2. The molecule has 0 bridgehead atoms. The summed E-state index contributed by atoms with van der Waals surface area (Å²) in [5.74, 6) is 0. The third kappa shape index (κ3) is 3.52. The number of allylic oxidation sites excluding steroid dienone is 1. The molecule has 212 valence electrons. The van der Waals surface area contributed by atoms with E-state index in [2.05, 4.69) is 155 Å². The lowest BCUT2D eigenvalue weighted by Crippen LogP contribution is -2.00. The van der Waals surface area contributed by atoms with Gasteiger partial charge in [-0.15, -0.1) is 0 Å². The first kappa shape index (κ1) is 24.6. The first-order valence-corrected chi connectivity index (χ1v) is 15.7. The molecule has 0 atom stereocenters. The van der Waals surface area contributed by atoms with Gasteiger partial charge in [-0.1, -0.05) is 84.9 Å². The van der Waals surface area contributed by atoms with Crippen LogP contribution < -0.4 is 0 Å². The molecule has 0 amide bonds. The molecule has 3 heterocycles. The van der Waals surface area contributed by atoms with Gasteiger partial charge in [0.1, 0.15) is 5.58 Å². The minimum Gasteiger partial charge on any atom is -0.454 e. The Hall–Kier alpha value is -5.80. The maximum atomic E-state index is 6.67. The summed E-state index contributed by atoms with van der Waals surface area (Å²) in [6.45, 7) is 0. The molecule has 6 aromatic carbocycles. The van der Waals surface area contributed by atoms with E-state index in [0.717, 1.165) is 40.5 Å². The summed E-state index contributed by atoms with van der Waals surface area (Å²) in [6, 6.07) is 48.1. The smallest absolute Gasteiger partial charge is 0.159 e. The minimum atomic E-state index is 0.906. The molecule has 10 rings (SSSR count). The number of furan rings is 1. The van der Waals surface area contributed by atoms with Crippen molar-refractivity contribution in [1.82, 2.24) is 9.13 Å². The third-order valence-electron chi connectivity index (χ3n) is 9.59. The standard InChI is InChI=1S/C42H28N2O/c1-2-11-29(12-3-1)43-36-17-7-6-15-32(36)34-25-27(21-23-39(34)43)28-22-24-41-35(26-28)33-16-10-20-40(42(33)45-41)44-37-18-8-4-13-30(37)31-14-5-9-19-38(31)44/h1-4,6-13,15-26H,5,14H2. The SMILES string of the molecule is C1=Cc2c(c3ccccc3n2-c2cccc3c2oc2ccc(-c4ccc5c(c4)c4ccccc4n5-c4ccccc4)cc23)CC1. The Bertz CT molecular complexity index is 2650. The van der Waals surface area contributed by atoms with Crippen LogP contribution in [0, 0.1) is 0 Å². The van der Waals surface area contributed by atoms with Crippen LogP contribution >= 0.6 is 0 Å². The maximum Gasteiger partial charge on any atom is 0.159 e. The molecule has 0 radical (unpaired) electrons. The van der Waals surface area contributed by atoms with Gasteiger partial charge in [-0.2, -0.15) is 0 Å². The number of fused-ring (bicyclic) bond motifs is 9. The summed E-state index contributed by atoms with van der Waals surface area (Å²) >= 11 is 0. The lowest BCUT2D eigenvalue weighted by molar-refractivity contribution is 0.665. The van der Waals surface area contributed by atoms with Gasteiger partial charge in [0.2, 0.25) is 0 Å². The number of benzene rings is 6. The highest BCUT2D eigenvalue weighted by molar-refractivity contribution is 6.12. The lowest BCUT2D eigenvalue weighted by Gasteiger charge is -2.12. The van der Waals surface area contributed by atoms with Gasteiger partial charge in [0, 0.05) is 38.3 Å². The van der Waals surface area contributed by atoms with Crippen molar-refractivity contribution in [1.29, 1.82) is 0 Å². The highest BCUT2D eigenvalue weighted by atomic mass is 16.3. The van der Waals surface area contributed by atoms with Gasteiger partial charge in [-0.3, -0.25) is 0 Å². The molecular weight excluding hydrogens is 548 g/mol. The quantitative estimate of drug-likeness (QED) is 0.205. The predicted molar refractivity (Wildman–Crippen MR) is 188 cm³/mol. The topological polar surface area (TPSA) is 23.0 Å². The second-order valence-electron chi connectivity index (χ2n) is 12.0. The molecule has 0 aliphatic heterocycles. The van der Waals surface area contributed by atoms with Gasteiger partial charge >= 0.3 is 0 Å². The molecule has 0 saturated carbocycles. The van der Waals surface area contributed by atoms with Gasteiger partial charge < -0.3 is 13.6 Å². The van der Waals surface area contributed by atoms with E-state index in [1.165, 1.54) is 60.8 Å². The second kappa shape index (κ2) is 9.35. The van der Waals surface area contributed by atoms with Crippen LogP contribution in [0.25, 0.3) is 83.2 Å². The Morgan fingerprint density at radius 2 is 1.20 bits per heavy atom. The van der Waals surface area contributed by atoms with Crippen molar-refractivity contribution in [2.45, 2.75) is 12.8 Å². The molecule has 9 aromatic rings. The molecule has 0 unspecified atom stereocenters. The Morgan fingerprint density at radius 1 is 0.511 bits per heavy atom. The fraction of sp³-hybridized carbons (Fsp3) is 0.0476. The fourth-order valence-corrected chi connectivity index (χ4v) is 7.59. The molecule has 0 spiro atoms. The van der Waals surface area contributed by atoms with Crippen molar-refractivity contribution in [3.05, 3.63) is 151 Å². The van der Waals surface area contributed by atoms with Crippen LogP contribution in [0.5, 0.6) is 0 Å². The van der Waals surface area contributed by atoms with E-state index in [9.17, 15) is 0 Å². The summed E-state index contributed by atoms with van der Waals surface area (Å²) in [5.41, 5.74) is 12.8. The number of hydrogen-bond acceptors (Lipinski definition) is 1. The first-order chi connectivity index (χ1) is 22.3. The number of hydrogen-bond donors (Lipinski definition) is 0. The minimum absolute atomic E-state index is 0.906. The Balaban J connectivity index is 1.16. The Morgan fingerprint density at radius 3 is 2.07 bits per heavy atom. The Labute approximate surface area is 259 Å². The zero-order valence-electron chi connectivity index (χ0n) is 24.6. The van der Waals surface area contributed by atoms with Crippen LogP contribution in [0.15, 0.2) is 144 Å². The van der Waals surface area contributed by atoms with Crippen molar-refractivity contribution >= 4 is 60.7 Å². The van der Waals surface area contributed by atoms with Gasteiger partial charge in [0.05, 0.1) is 22.2 Å². The van der Waals surface area contributed by atoms with E-state index in [1.54, 1.807) is 0 Å². The van der Waals surface area contributed by atoms with E-state index in [0.29, 0.717) is 0 Å². The van der Waals surface area contributed by atoms with E-state index < -0.39 is 0 Å². The molecule has 3 nitrogen and oxygen atoms in total. The molecule has 45 heavy (non-hydrogen) atoms. The molecule has 0 N–H and O–H groups in total. The fourth-order valence-electron chi connectivity index (χ4n) is 7.59. The summed E-state index contributed by atoms with van der Waals surface area (Å²) in [7, 11) is 0. The van der Waals surface area contributed by atoms with E-state index in [4.69, 9.17) is 4.42 Å². The summed E-state index contributed by atoms with van der Waals surface area (Å²) in [6.07, 6.45) is 6.71. The highest BCUT2D eigenvalue weighted by Crippen LogP contribution is 2.41. The van der Waals surface area contributed by atoms with E-state index in [1.807, 2.05) is 0 Å². The van der Waals surface area contributed by atoms with Crippen LogP contribution in [0.2, 0.25) is 0 Å². The number of para-hydroxylation sites is 4. The van der Waals surface area contributed by atoms with Gasteiger partial charge in [-0.25, -0.2) is 0 Å². The molecular formula is C42H28N2O. The van der Waals surface area contributed by atoms with Crippen molar-refractivity contribution < 1.29 is 4.42 Å². The lowest BCUT2D eigenvalue weighted by atomic mass is 10.0. The highest BCUT2D eigenvalue weighted by Gasteiger charge is 2.21. The summed E-state index contributed by atoms with van der Waals surface area (Å²) in [4.78, 5) is 0. The third-order valence-corrected chi connectivity index (χ3v) is 9.59. The number of aryl methyl sites for hydroxylation is 1. The average Bonchev–Trinajstić information content (AvgIpc) is 3.76. The largest absolute Gasteiger partial charge is 0.454 e. The van der Waals surface area contributed by atoms with Crippen LogP contribution in [-0.4, -0.2) is 9.13 Å². The van der Waals surface area contributed by atoms with E-state index in [-0.39, 0.29) is 0 Å². The maximum absolute atomic E-state index is 6.67. The zero-order chi connectivity index (χ0) is 29.5. The van der Waals surface area contributed by atoms with Crippen LogP contribution in [-0.2, 0) is 6.42 Å². The first-order valence-electron chi connectivity index (χ1n) is 15.7. The van der Waals surface area contributed by atoms with Crippen molar-refractivity contribution in [3.63, 3.8) is 0 Å². The van der Waals surface area contributed by atoms with Crippen LogP contribution in [0.1, 0.15) is 17.7 Å². The Kier molecular flexibility index (Phi) is 5.11. The predicted octanol–water partition coefficient (Wildman–Crippen LogP) is 11.3. The molecule has 1 aliphatic rings. The second-order valence-corrected chi connectivity index (χ2v) is 12.0. The van der Waals surface area contributed by atoms with Crippen LogP contribution in [0.4, 0.5) is 0 Å². The number of rotatable bonds is 3. The van der Waals surface area contributed by atoms with Crippen molar-refractivity contribution in [3.8, 4) is 22.5 Å². The molecule has 1 aliphatic carbocycles. The monoisotopic (exact) mass is 576 g/mol. The van der Waals surface area contributed by atoms with Crippen molar-refractivity contribution in [2.75, 3.05) is 0 Å². The molecule has 3 heteroatoms. The summed E-state index contributed by atoms with van der Waals surface area (Å²) < 4.78 is 11.4.